The van der Waals surface area contributed by atoms with Gasteiger partial charge >= 0.3 is 6.09 Å². The topological polar surface area (TPSA) is 129 Å². The van der Waals surface area contributed by atoms with Gasteiger partial charge in [-0.2, -0.15) is 0 Å². The van der Waals surface area contributed by atoms with Gasteiger partial charge in [0.15, 0.2) is 0 Å². The summed E-state index contributed by atoms with van der Waals surface area (Å²) in [5, 5.41) is 2.57. The van der Waals surface area contributed by atoms with Crippen molar-refractivity contribution in [1.29, 1.82) is 0 Å². The maximum Gasteiger partial charge on any atom is 0.407 e. The molecule has 1 aromatic rings. The summed E-state index contributed by atoms with van der Waals surface area (Å²) in [4.78, 5) is 11.5. The number of carbonyl (C=O) groups is 1. The van der Waals surface area contributed by atoms with Crippen LogP contribution in [0, 0.1) is 0 Å². The van der Waals surface area contributed by atoms with Gasteiger partial charge < -0.3 is 25.3 Å². The molecule has 0 aliphatic carbocycles. The summed E-state index contributed by atoms with van der Waals surface area (Å²) in [6.07, 6.45) is -0.490. The van der Waals surface area contributed by atoms with E-state index in [1.54, 1.807) is 20.8 Å². The molecule has 1 rings (SSSR count). The molecule has 27 heavy (non-hydrogen) atoms. The molecule has 0 saturated heterocycles. The average molecular weight is 404 g/mol. The Bertz CT molecular complexity index is 671. The lowest BCUT2D eigenvalue weighted by Gasteiger charge is -2.19. The van der Waals surface area contributed by atoms with Crippen LogP contribution in [0.25, 0.3) is 0 Å². The molecule has 0 saturated carbocycles. The van der Waals surface area contributed by atoms with Crippen LogP contribution in [0.2, 0.25) is 0 Å². The van der Waals surface area contributed by atoms with Crippen LogP contribution in [0.15, 0.2) is 29.2 Å². The number of sulfonamides is 1. The molecule has 0 unspecified atom stereocenters. The van der Waals surface area contributed by atoms with E-state index in [1.165, 1.54) is 24.3 Å². The lowest BCUT2D eigenvalue weighted by atomic mass is 10.2. The minimum absolute atomic E-state index is 0.146. The number of hydrogen-bond acceptors (Lipinski definition) is 7. The number of nitrogen functional groups attached to an aromatic ring is 1. The Morgan fingerprint density at radius 3 is 2.11 bits per heavy atom. The first kappa shape index (κ1) is 23.2. The standard InChI is InChI=1S/C17H29N3O6S/c1-17(2,3)26-16(21)19-8-10-24-12-13-25-11-9-20-27(22,23)15-6-4-14(18)5-7-15/h4-7,20H,8-13,18H2,1-3H3,(H,19,21). The Morgan fingerprint density at radius 1 is 1.00 bits per heavy atom. The molecular formula is C17H29N3O6S. The molecule has 1 amide bonds. The second-order valence-electron chi connectivity index (χ2n) is 6.62. The maximum absolute atomic E-state index is 12.0. The van der Waals surface area contributed by atoms with Crippen LogP contribution in [-0.4, -0.2) is 59.6 Å². The molecule has 154 valence electrons. The first-order valence-corrected chi connectivity index (χ1v) is 10.1. The van der Waals surface area contributed by atoms with Crippen LogP contribution in [0.4, 0.5) is 10.5 Å². The lowest BCUT2D eigenvalue weighted by Crippen LogP contribution is -2.34. The number of anilines is 1. The summed E-state index contributed by atoms with van der Waals surface area (Å²) in [6.45, 7) is 7.03. The number of benzene rings is 1. The van der Waals surface area contributed by atoms with Crippen LogP contribution < -0.4 is 15.8 Å². The van der Waals surface area contributed by atoms with E-state index in [9.17, 15) is 13.2 Å². The molecule has 0 heterocycles. The Morgan fingerprint density at radius 2 is 1.56 bits per heavy atom. The average Bonchev–Trinajstić information content (AvgIpc) is 2.55. The van der Waals surface area contributed by atoms with Gasteiger partial charge in [0.2, 0.25) is 10.0 Å². The van der Waals surface area contributed by atoms with Gasteiger partial charge in [-0.05, 0) is 45.0 Å². The first-order valence-electron chi connectivity index (χ1n) is 8.58. The Labute approximate surface area is 160 Å². The number of nitrogens with two attached hydrogens (primary N) is 1. The van der Waals surface area contributed by atoms with Crippen molar-refractivity contribution in [3.8, 4) is 0 Å². The Balaban J connectivity index is 2.03. The van der Waals surface area contributed by atoms with Crippen LogP contribution >= 0.6 is 0 Å². The van der Waals surface area contributed by atoms with Crippen molar-refractivity contribution in [2.24, 2.45) is 0 Å². The predicted molar refractivity (Wildman–Crippen MR) is 102 cm³/mol. The summed E-state index contributed by atoms with van der Waals surface area (Å²) < 4.78 is 42.1. The number of rotatable bonds is 11. The fourth-order valence-electron chi connectivity index (χ4n) is 1.84. The van der Waals surface area contributed by atoms with E-state index in [1.807, 2.05) is 0 Å². The summed E-state index contributed by atoms with van der Waals surface area (Å²) in [6, 6.07) is 5.94. The maximum atomic E-state index is 12.0. The number of hydrogen-bond donors (Lipinski definition) is 3. The van der Waals surface area contributed by atoms with Crippen molar-refractivity contribution >= 4 is 21.8 Å². The summed E-state index contributed by atoms with van der Waals surface area (Å²) in [7, 11) is -3.57. The number of carbonyl (C=O) groups excluding carboxylic acids is 1. The molecule has 0 fully saturated rings. The normalized spacial score (nSPS) is 12.0. The highest BCUT2D eigenvalue weighted by Crippen LogP contribution is 2.11. The van der Waals surface area contributed by atoms with Crippen molar-refractivity contribution in [2.45, 2.75) is 31.3 Å². The highest BCUT2D eigenvalue weighted by molar-refractivity contribution is 7.89. The number of ether oxygens (including phenoxy) is 3. The highest BCUT2D eigenvalue weighted by atomic mass is 32.2. The lowest BCUT2D eigenvalue weighted by molar-refractivity contribution is 0.0408. The van der Waals surface area contributed by atoms with E-state index >= 15 is 0 Å². The van der Waals surface area contributed by atoms with Crippen molar-refractivity contribution in [2.75, 3.05) is 45.3 Å². The van der Waals surface area contributed by atoms with E-state index < -0.39 is 21.7 Å². The molecule has 0 aliphatic heterocycles. The van der Waals surface area contributed by atoms with E-state index in [0.29, 0.717) is 32.1 Å². The molecule has 9 nitrogen and oxygen atoms in total. The van der Waals surface area contributed by atoms with Crippen LogP contribution in [0.3, 0.4) is 0 Å². The minimum Gasteiger partial charge on any atom is -0.444 e. The van der Waals surface area contributed by atoms with Crippen molar-refractivity contribution < 1.29 is 27.4 Å². The van der Waals surface area contributed by atoms with Gasteiger partial charge in [-0.1, -0.05) is 0 Å². The highest BCUT2D eigenvalue weighted by Gasteiger charge is 2.15. The Hall–Kier alpha value is -1.88. The summed E-state index contributed by atoms with van der Waals surface area (Å²) in [5.41, 5.74) is 5.50. The molecule has 0 spiro atoms. The van der Waals surface area contributed by atoms with E-state index in [4.69, 9.17) is 19.9 Å². The van der Waals surface area contributed by atoms with Gasteiger partial charge in [0.25, 0.3) is 0 Å². The van der Waals surface area contributed by atoms with Gasteiger partial charge in [-0.25, -0.2) is 17.9 Å². The minimum atomic E-state index is -3.57. The largest absolute Gasteiger partial charge is 0.444 e. The zero-order chi connectivity index (χ0) is 20.3. The van der Waals surface area contributed by atoms with Crippen LogP contribution in [-0.2, 0) is 24.2 Å². The third-order valence-electron chi connectivity index (χ3n) is 3.02. The molecule has 0 bridgehead atoms. The SMILES string of the molecule is CC(C)(C)OC(=O)NCCOCCOCCNS(=O)(=O)c1ccc(N)cc1. The fourth-order valence-corrected chi connectivity index (χ4v) is 2.85. The number of amides is 1. The van der Waals surface area contributed by atoms with E-state index in [2.05, 4.69) is 10.0 Å². The van der Waals surface area contributed by atoms with Gasteiger partial charge in [0.05, 0.1) is 31.3 Å². The van der Waals surface area contributed by atoms with Gasteiger partial charge in [0, 0.05) is 18.8 Å². The predicted octanol–water partition coefficient (Wildman–Crippen LogP) is 1.11. The second-order valence-corrected chi connectivity index (χ2v) is 8.39. The van der Waals surface area contributed by atoms with Gasteiger partial charge in [-0.15, -0.1) is 0 Å². The fraction of sp³-hybridized carbons (Fsp3) is 0.588. The molecule has 0 radical (unpaired) electrons. The zero-order valence-electron chi connectivity index (χ0n) is 16.0. The van der Waals surface area contributed by atoms with E-state index in [0.717, 1.165) is 0 Å². The number of alkyl carbamates (subject to hydrolysis) is 1. The first-order chi connectivity index (χ1) is 12.6. The third kappa shape index (κ3) is 10.8. The second kappa shape index (κ2) is 11.1. The van der Waals surface area contributed by atoms with Crippen molar-refractivity contribution in [3.63, 3.8) is 0 Å². The Kier molecular flexibility index (Phi) is 9.50. The zero-order valence-corrected chi connectivity index (χ0v) is 16.8. The molecule has 4 N–H and O–H groups in total. The van der Waals surface area contributed by atoms with Crippen LogP contribution in [0.1, 0.15) is 20.8 Å². The molecule has 0 aliphatic rings. The molecule has 1 aromatic carbocycles. The molecule has 10 heteroatoms. The third-order valence-corrected chi connectivity index (χ3v) is 4.49. The smallest absolute Gasteiger partial charge is 0.407 e. The number of nitrogens with one attached hydrogen (secondary N) is 2. The molecule has 0 atom stereocenters. The van der Waals surface area contributed by atoms with Gasteiger partial charge in [-0.3, -0.25) is 0 Å². The summed E-state index contributed by atoms with van der Waals surface area (Å²) >= 11 is 0. The quantitative estimate of drug-likeness (QED) is 0.373. The van der Waals surface area contributed by atoms with Gasteiger partial charge in [0.1, 0.15) is 5.60 Å². The van der Waals surface area contributed by atoms with Crippen molar-refractivity contribution in [3.05, 3.63) is 24.3 Å². The van der Waals surface area contributed by atoms with E-state index in [-0.39, 0.29) is 18.0 Å². The van der Waals surface area contributed by atoms with Crippen LogP contribution in [0.5, 0.6) is 0 Å². The summed E-state index contributed by atoms with van der Waals surface area (Å²) in [5.74, 6) is 0. The molecular weight excluding hydrogens is 374 g/mol. The van der Waals surface area contributed by atoms with Crippen molar-refractivity contribution in [1.82, 2.24) is 10.0 Å². The monoisotopic (exact) mass is 403 g/mol. The molecule has 0 aromatic heterocycles.